The van der Waals surface area contributed by atoms with E-state index in [1.54, 1.807) is 25.5 Å². The molecule has 0 aliphatic carbocycles. The number of hydrogen-bond acceptors (Lipinski definition) is 5. The Bertz CT molecular complexity index is 469. The van der Waals surface area contributed by atoms with Crippen LogP contribution < -0.4 is 5.32 Å². The van der Waals surface area contributed by atoms with Crippen LogP contribution in [-0.2, 0) is 11.8 Å². The van der Waals surface area contributed by atoms with E-state index in [1.807, 2.05) is 0 Å². The molecule has 18 heavy (non-hydrogen) atoms. The molecule has 100 valence electrons. The van der Waals surface area contributed by atoms with Crippen LogP contribution in [0.5, 0.6) is 0 Å². The van der Waals surface area contributed by atoms with Gasteiger partial charge in [0.2, 0.25) is 11.6 Å². The number of carboxylic acid groups (broad SMARTS) is 1. The van der Waals surface area contributed by atoms with Crippen LogP contribution in [0.1, 0.15) is 19.2 Å². The molecule has 0 aromatic carbocycles. The Morgan fingerprint density at radius 1 is 1.67 bits per heavy atom. The van der Waals surface area contributed by atoms with Gasteiger partial charge in [-0.3, -0.25) is 9.36 Å². The normalized spacial score (nSPS) is 12.2. The summed E-state index contributed by atoms with van der Waals surface area (Å²) < 4.78 is 1.57. The number of nitrogens with zero attached hydrogens (tertiary/aromatic N) is 3. The Morgan fingerprint density at radius 3 is 2.78 bits per heavy atom. The molecule has 0 fully saturated rings. The van der Waals surface area contributed by atoms with Crippen LogP contribution in [0.2, 0.25) is 0 Å². The first-order chi connectivity index (χ1) is 8.34. The number of rotatable bonds is 6. The van der Waals surface area contributed by atoms with Crippen molar-refractivity contribution in [3.8, 4) is 0 Å². The second-order valence-corrected chi connectivity index (χ2v) is 4.10. The van der Waals surface area contributed by atoms with Crippen LogP contribution >= 0.6 is 0 Å². The van der Waals surface area contributed by atoms with Gasteiger partial charge in [-0.1, -0.05) is 6.92 Å². The SMILES string of the molecule is Cc1nc([N+](=O)[O-])c(NCCC(C)C(=O)O)n1C. The highest BCUT2D eigenvalue weighted by Crippen LogP contribution is 2.23. The second kappa shape index (κ2) is 5.48. The zero-order valence-electron chi connectivity index (χ0n) is 10.5. The van der Waals surface area contributed by atoms with Crippen molar-refractivity contribution in [3.05, 3.63) is 15.9 Å². The zero-order valence-corrected chi connectivity index (χ0v) is 10.5. The molecule has 0 spiro atoms. The lowest BCUT2D eigenvalue weighted by atomic mass is 10.1. The van der Waals surface area contributed by atoms with Gasteiger partial charge in [-0.05, 0) is 16.3 Å². The number of carboxylic acids is 1. The lowest BCUT2D eigenvalue weighted by molar-refractivity contribution is -0.388. The molecule has 0 radical (unpaired) electrons. The fourth-order valence-electron chi connectivity index (χ4n) is 1.45. The van der Waals surface area contributed by atoms with Gasteiger partial charge in [0.1, 0.15) is 0 Å². The Balaban J connectivity index is 2.73. The molecule has 0 aliphatic heterocycles. The van der Waals surface area contributed by atoms with Gasteiger partial charge in [-0.25, -0.2) is 0 Å². The average Bonchev–Trinajstić information content (AvgIpc) is 2.56. The molecule has 0 aliphatic rings. The fraction of sp³-hybridized carbons (Fsp3) is 0.600. The van der Waals surface area contributed by atoms with Gasteiger partial charge in [0.25, 0.3) is 0 Å². The molecule has 1 aromatic rings. The van der Waals surface area contributed by atoms with Crippen LogP contribution in [0, 0.1) is 23.0 Å². The van der Waals surface area contributed by atoms with E-state index in [9.17, 15) is 14.9 Å². The number of nitro groups is 1. The summed E-state index contributed by atoms with van der Waals surface area (Å²) in [5.74, 6) is -0.790. The lowest BCUT2D eigenvalue weighted by Crippen LogP contribution is -2.16. The van der Waals surface area contributed by atoms with Crippen LogP contribution in [-0.4, -0.2) is 32.1 Å². The van der Waals surface area contributed by atoms with Gasteiger partial charge < -0.3 is 20.5 Å². The minimum Gasteiger partial charge on any atom is -0.481 e. The Kier molecular flexibility index (Phi) is 4.24. The van der Waals surface area contributed by atoms with Crippen LogP contribution in [0.4, 0.5) is 11.6 Å². The second-order valence-electron chi connectivity index (χ2n) is 4.10. The summed E-state index contributed by atoms with van der Waals surface area (Å²) in [5, 5.41) is 22.4. The molecule has 2 N–H and O–H groups in total. The minimum atomic E-state index is -0.882. The van der Waals surface area contributed by atoms with E-state index in [-0.39, 0.29) is 5.82 Å². The van der Waals surface area contributed by atoms with Gasteiger partial charge in [0.15, 0.2) is 0 Å². The Labute approximate surface area is 104 Å². The van der Waals surface area contributed by atoms with Gasteiger partial charge in [-0.15, -0.1) is 0 Å². The standard InChI is InChI=1S/C10H16N4O4/c1-6(10(15)16)4-5-11-8-9(14(17)18)12-7(2)13(8)3/h6,11H,4-5H2,1-3H3,(H,15,16). The number of aliphatic carboxylic acids is 1. The molecule has 0 amide bonds. The highest BCUT2D eigenvalue weighted by Gasteiger charge is 2.23. The molecule has 1 atom stereocenters. The third kappa shape index (κ3) is 2.96. The number of imidazole rings is 1. The van der Waals surface area contributed by atoms with Crippen molar-refractivity contribution in [2.24, 2.45) is 13.0 Å². The molecule has 1 rings (SSSR count). The molecule has 0 saturated heterocycles. The molecule has 1 aromatic heterocycles. The predicted molar refractivity (Wildman–Crippen MR) is 64.5 cm³/mol. The summed E-state index contributed by atoms with van der Waals surface area (Å²) in [5.41, 5.74) is 0. The van der Waals surface area contributed by atoms with Crippen molar-refractivity contribution in [3.63, 3.8) is 0 Å². The summed E-state index contributed by atoms with van der Waals surface area (Å²) in [4.78, 5) is 24.7. The van der Waals surface area contributed by atoms with Gasteiger partial charge in [-0.2, -0.15) is 0 Å². The highest BCUT2D eigenvalue weighted by molar-refractivity contribution is 5.69. The van der Waals surface area contributed by atoms with Crippen LogP contribution in [0.15, 0.2) is 0 Å². The maximum absolute atomic E-state index is 10.8. The molecule has 8 heteroatoms. The van der Waals surface area contributed by atoms with Crippen molar-refractivity contribution in [1.82, 2.24) is 9.55 Å². The van der Waals surface area contributed by atoms with Gasteiger partial charge >= 0.3 is 11.8 Å². The highest BCUT2D eigenvalue weighted by atomic mass is 16.6. The first kappa shape index (κ1) is 13.9. The fourth-order valence-corrected chi connectivity index (χ4v) is 1.45. The van der Waals surface area contributed by atoms with E-state index >= 15 is 0 Å². The van der Waals surface area contributed by atoms with E-state index < -0.39 is 16.8 Å². The maximum atomic E-state index is 10.8. The largest absolute Gasteiger partial charge is 0.481 e. The first-order valence-electron chi connectivity index (χ1n) is 5.49. The van der Waals surface area contributed by atoms with E-state index in [0.29, 0.717) is 24.6 Å². The summed E-state index contributed by atoms with van der Waals surface area (Å²) in [6.07, 6.45) is 0.386. The summed E-state index contributed by atoms with van der Waals surface area (Å²) in [7, 11) is 1.66. The van der Waals surface area contributed by atoms with Crippen LogP contribution in [0.25, 0.3) is 0 Å². The molecule has 1 unspecified atom stereocenters. The van der Waals surface area contributed by atoms with E-state index in [0.717, 1.165) is 0 Å². The molecule has 8 nitrogen and oxygen atoms in total. The van der Waals surface area contributed by atoms with Gasteiger partial charge in [0, 0.05) is 20.5 Å². The van der Waals surface area contributed by atoms with Crippen molar-refractivity contribution in [2.75, 3.05) is 11.9 Å². The molecule has 0 saturated carbocycles. The summed E-state index contributed by atoms with van der Waals surface area (Å²) >= 11 is 0. The number of nitrogens with one attached hydrogen (secondary N) is 1. The monoisotopic (exact) mass is 256 g/mol. The minimum absolute atomic E-state index is 0.238. The Hall–Kier alpha value is -2.12. The lowest BCUT2D eigenvalue weighted by Gasteiger charge is -2.08. The third-order valence-electron chi connectivity index (χ3n) is 2.76. The zero-order chi connectivity index (χ0) is 13.9. The number of aromatic nitrogens is 2. The smallest absolute Gasteiger partial charge is 0.406 e. The average molecular weight is 256 g/mol. The number of anilines is 1. The number of aryl methyl sites for hydroxylation is 1. The Morgan fingerprint density at radius 2 is 2.28 bits per heavy atom. The van der Waals surface area contributed by atoms with Crippen molar-refractivity contribution >= 4 is 17.6 Å². The topological polar surface area (TPSA) is 110 Å². The van der Waals surface area contributed by atoms with Crippen molar-refractivity contribution in [2.45, 2.75) is 20.3 Å². The summed E-state index contributed by atoms with van der Waals surface area (Å²) in [6, 6.07) is 0. The number of hydrogen-bond donors (Lipinski definition) is 2. The quantitative estimate of drug-likeness (QED) is 0.583. The molecular formula is C10H16N4O4. The third-order valence-corrected chi connectivity index (χ3v) is 2.76. The van der Waals surface area contributed by atoms with Crippen LogP contribution in [0.3, 0.4) is 0 Å². The van der Waals surface area contributed by atoms with E-state index in [1.165, 1.54) is 0 Å². The van der Waals surface area contributed by atoms with E-state index in [2.05, 4.69) is 10.3 Å². The summed E-state index contributed by atoms with van der Waals surface area (Å²) in [6.45, 7) is 3.60. The molecular weight excluding hydrogens is 240 g/mol. The first-order valence-corrected chi connectivity index (χ1v) is 5.49. The van der Waals surface area contributed by atoms with Gasteiger partial charge in [0.05, 0.1) is 5.92 Å². The predicted octanol–water partition coefficient (Wildman–Crippen LogP) is 1.16. The molecule has 1 heterocycles. The number of carbonyl (C=O) groups is 1. The van der Waals surface area contributed by atoms with Crippen molar-refractivity contribution in [1.29, 1.82) is 0 Å². The van der Waals surface area contributed by atoms with Crippen molar-refractivity contribution < 1.29 is 14.8 Å². The maximum Gasteiger partial charge on any atom is 0.406 e. The van der Waals surface area contributed by atoms with E-state index in [4.69, 9.17) is 5.11 Å². The molecule has 0 bridgehead atoms.